The van der Waals surface area contributed by atoms with Crippen LogP contribution in [0.5, 0.6) is 0 Å². The van der Waals surface area contributed by atoms with Gasteiger partial charge in [-0.1, -0.05) is 23.3 Å². The van der Waals surface area contributed by atoms with Gasteiger partial charge >= 0.3 is 0 Å². The molecule has 0 bridgehead atoms. The lowest BCUT2D eigenvalue weighted by molar-refractivity contribution is 0.0983. The summed E-state index contributed by atoms with van der Waals surface area (Å²) in [5, 5.41) is 1.21. The number of benzene rings is 2. The summed E-state index contributed by atoms with van der Waals surface area (Å²) in [5.74, 6) is -0.275. The number of hydrogen-bond donors (Lipinski definition) is 0. The highest BCUT2D eigenvalue weighted by atomic mass is 32.2. The zero-order valence-corrected chi connectivity index (χ0v) is 16.3. The van der Waals surface area contributed by atoms with E-state index in [0.29, 0.717) is 11.3 Å². The molecule has 0 fully saturated rings. The molecule has 0 saturated heterocycles. The van der Waals surface area contributed by atoms with Crippen molar-refractivity contribution >= 4 is 21.4 Å². The van der Waals surface area contributed by atoms with Crippen molar-refractivity contribution in [3.63, 3.8) is 0 Å². The molecule has 26 heavy (non-hydrogen) atoms. The minimum Gasteiger partial charge on any atom is -0.300 e. The average molecular weight is 369 g/mol. The molecule has 0 radical (unpaired) electrons. The van der Waals surface area contributed by atoms with E-state index in [9.17, 15) is 13.2 Å². The zero-order chi connectivity index (χ0) is 19.1. The summed E-state index contributed by atoms with van der Waals surface area (Å²) in [7, 11) is -3.27. The lowest BCUT2D eigenvalue weighted by Gasteiger charge is -2.28. The molecule has 0 saturated carbocycles. The highest BCUT2D eigenvalue weighted by Gasteiger charge is 2.32. The van der Waals surface area contributed by atoms with Crippen LogP contribution in [0.3, 0.4) is 0 Å². The van der Waals surface area contributed by atoms with Gasteiger partial charge in [0.1, 0.15) is 0 Å². The predicted octanol–water partition coefficient (Wildman–Crippen LogP) is 3.88. The van der Waals surface area contributed by atoms with Gasteiger partial charge in [0.25, 0.3) is 5.91 Å². The molecule has 0 N–H and O–H groups in total. The Morgan fingerprint density at radius 3 is 2.15 bits per heavy atom. The summed E-state index contributed by atoms with van der Waals surface area (Å²) in [5.41, 5.74) is 5.47. The van der Waals surface area contributed by atoms with Crippen molar-refractivity contribution < 1.29 is 13.2 Å². The highest BCUT2D eigenvalue weighted by Crippen LogP contribution is 2.27. The van der Waals surface area contributed by atoms with Crippen LogP contribution in [0.15, 0.2) is 47.9 Å². The molecule has 5 heteroatoms. The molecule has 1 amide bonds. The van der Waals surface area contributed by atoms with Crippen molar-refractivity contribution in [3.8, 4) is 0 Å². The molecule has 1 heterocycles. The third-order valence-electron chi connectivity index (χ3n) is 4.70. The molecule has 1 unspecified atom stereocenters. The Morgan fingerprint density at radius 1 is 0.962 bits per heavy atom. The van der Waals surface area contributed by atoms with Gasteiger partial charge in [0.15, 0.2) is 9.84 Å². The highest BCUT2D eigenvalue weighted by molar-refractivity contribution is 7.94. The summed E-state index contributed by atoms with van der Waals surface area (Å²) >= 11 is 0. The number of carbonyl (C=O) groups is 1. The van der Waals surface area contributed by atoms with Gasteiger partial charge in [-0.05, 0) is 69.2 Å². The minimum absolute atomic E-state index is 0.0868. The van der Waals surface area contributed by atoms with Crippen LogP contribution in [0.2, 0.25) is 0 Å². The molecule has 0 aromatic heterocycles. The molecule has 4 nitrogen and oxygen atoms in total. The van der Waals surface area contributed by atoms with Crippen molar-refractivity contribution in [2.24, 2.45) is 0 Å². The van der Waals surface area contributed by atoms with Gasteiger partial charge < -0.3 is 4.90 Å². The van der Waals surface area contributed by atoms with Crippen LogP contribution < -0.4 is 4.90 Å². The Kier molecular flexibility index (Phi) is 4.76. The number of amides is 1. The maximum Gasteiger partial charge on any atom is 0.258 e. The van der Waals surface area contributed by atoms with Crippen LogP contribution in [0, 0.1) is 27.7 Å². The summed E-state index contributed by atoms with van der Waals surface area (Å²) in [6.07, 6.45) is 1.60. The van der Waals surface area contributed by atoms with Gasteiger partial charge in [0.05, 0.1) is 11.8 Å². The van der Waals surface area contributed by atoms with E-state index in [1.54, 1.807) is 11.0 Å². The fourth-order valence-electron chi connectivity index (χ4n) is 3.29. The molecule has 1 atom stereocenters. The van der Waals surface area contributed by atoms with Gasteiger partial charge in [-0.15, -0.1) is 0 Å². The van der Waals surface area contributed by atoms with Gasteiger partial charge in [-0.25, -0.2) is 8.42 Å². The predicted molar refractivity (Wildman–Crippen MR) is 105 cm³/mol. The molecule has 0 aliphatic carbocycles. The fourth-order valence-corrected chi connectivity index (χ4v) is 4.56. The van der Waals surface area contributed by atoms with E-state index in [1.165, 1.54) is 5.41 Å². The third-order valence-corrected chi connectivity index (χ3v) is 6.08. The minimum atomic E-state index is -3.27. The van der Waals surface area contributed by atoms with E-state index in [0.717, 1.165) is 22.3 Å². The van der Waals surface area contributed by atoms with Crippen LogP contribution in [-0.2, 0) is 9.84 Å². The number of carbonyl (C=O) groups excluding carboxylic acids is 1. The van der Waals surface area contributed by atoms with E-state index in [2.05, 4.69) is 0 Å². The number of hydrogen-bond acceptors (Lipinski definition) is 3. The second kappa shape index (κ2) is 6.72. The van der Waals surface area contributed by atoms with E-state index >= 15 is 0 Å². The quantitative estimate of drug-likeness (QED) is 0.825. The van der Waals surface area contributed by atoms with Gasteiger partial charge in [0.2, 0.25) is 0 Å². The Morgan fingerprint density at radius 2 is 1.62 bits per heavy atom. The Labute approximate surface area is 155 Å². The van der Waals surface area contributed by atoms with Crippen molar-refractivity contribution in [3.05, 3.63) is 75.7 Å². The van der Waals surface area contributed by atoms with Gasteiger partial charge in [0, 0.05) is 16.7 Å². The van der Waals surface area contributed by atoms with Gasteiger partial charge in [-0.3, -0.25) is 4.79 Å². The lowest BCUT2D eigenvalue weighted by atomic mass is 10.0. The first-order valence-corrected chi connectivity index (χ1v) is 10.3. The van der Waals surface area contributed by atoms with Crippen LogP contribution in [-0.4, -0.2) is 26.1 Å². The molecule has 136 valence electrons. The molecule has 3 rings (SSSR count). The maximum atomic E-state index is 13.3. The largest absolute Gasteiger partial charge is 0.300 e. The first-order valence-electron chi connectivity index (χ1n) is 8.56. The van der Waals surface area contributed by atoms with Crippen LogP contribution >= 0.6 is 0 Å². The van der Waals surface area contributed by atoms with E-state index in [-0.39, 0.29) is 11.7 Å². The molecule has 1 aliphatic heterocycles. The summed E-state index contributed by atoms with van der Waals surface area (Å²) in [4.78, 5) is 14.9. The first-order chi connectivity index (χ1) is 12.2. The smallest absolute Gasteiger partial charge is 0.258 e. The Hall–Kier alpha value is -2.40. The number of rotatable bonds is 3. The number of aryl methyl sites for hydroxylation is 4. The monoisotopic (exact) mass is 369 g/mol. The molecule has 2 aromatic carbocycles. The van der Waals surface area contributed by atoms with Crippen LogP contribution in [0.25, 0.3) is 0 Å². The summed E-state index contributed by atoms with van der Waals surface area (Å²) in [6.45, 7) is 7.89. The number of nitrogens with zero attached hydrogens (tertiary/aromatic N) is 1. The Balaban J connectivity index is 2.09. The van der Waals surface area contributed by atoms with Crippen molar-refractivity contribution in [2.75, 3.05) is 10.7 Å². The lowest BCUT2D eigenvalue weighted by Crippen LogP contribution is -2.41. The first kappa shape index (κ1) is 18.4. The second-order valence-corrected chi connectivity index (χ2v) is 8.98. The molecule has 0 spiro atoms. The van der Waals surface area contributed by atoms with E-state index in [4.69, 9.17) is 0 Å². The molecule has 2 aromatic rings. The van der Waals surface area contributed by atoms with E-state index in [1.807, 2.05) is 64.1 Å². The normalized spacial score (nSPS) is 18.1. The van der Waals surface area contributed by atoms with Crippen LogP contribution in [0.4, 0.5) is 5.69 Å². The van der Waals surface area contributed by atoms with Gasteiger partial charge in [-0.2, -0.15) is 0 Å². The van der Waals surface area contributed by atoms with Crippen molar-refractivity contribution in [1.82, 2.24) is 0 Å². The third kappa shape index (κ3) is 3.73. The molecular weight excluding hydrogens is 346 g/mol. The topological polar surface area (TPSA) is 54.5 Å². The van der Waals surface area contributed by atoms with E-state index < -0.39 is 15.9 Å². The standard InChI is InChI=1S/C21H23NO3S/c1-14-9-15(2)11-18(10-14)21(23)22(20-7-8-26(24,25)13-20)19-6-5-16(3)17(4)12-19/h5-12,20H,13H2,1-4H3. The van der Waals surface area contributed by atoms with Crippen molar-refractivity contribution in [2.45, 2.75) is 33.7 Å². The summed E-state index contributed by atoms with van der Waals surface area (Å²) in [6, 6.07) is 11.0. The molecule has 1 aliphatic rings. The van der Waals surface area contributed by atoms with Crippen LogP contribution in [0.1, 0.15) is 32.6 Å². The zero-order valence-electron chi connectivity index (χ0n) is 15.5. The molecular formula is C21H23NO3S. The second-order valence-electron chi connectivity index (χ2n) is 7.05. The maximum absolute atomic E-state index is 13.3. The number of sulfone groups is 1. The summed E-state index contributed by atoms with van der Waals surface area (Å²) < 4.78 is 23.9. The fraction of sp³-hybridized carbons (Fsp3) is 0.286. The average Bonchev–Trinajstić information content (AvgIpc) is 2.89. The number of anilines is 1. The SMILES string of the molecule is Cc1cc(C)cc(C(=O)N(c2ccc(C)c(C)c2)C2C=CS(=O)(=O)C2)c1. The Bertz CT molecular complexity index is 986. The van der Waals surface area contributed by atoms with Crippen molar-refractivity contribution in [1.29, 1.82) is 0 Å².